The highest BCUT2D eigenvalue weighted by Gasteiger charge is 2.23. The van der Waals surface area contributed by atoms with Crippen LogP contribution in [-0.2, 0) is 6.42 Å². The Morgan fingerprint density at radius 3 is 2.63 bits per heavy atom. The lowest BCUT2D eigenvalue weighted by Gasteiger charge is -2.13. The molecule has 3 rings (SSSR count). The van der Waals surface area contributed by atoms with Crippen molar-refractivity contribution < 1.29 is 0 Å². The summed E-state index contributed by atoms with van der Waals surface area (Å²) >= 11 is 0. The summed E-state index contributed by atoms with van der Waals surface area (Å²) < 4.78 is 0. The summed E-state index contributed by atoms with van der Waals surface area (Å²) in [6, 6.07) is 14.1. The number of hydrogen-bond acceptors (Lipinski definition) is 1. The molecule has 1 aliphatic rings. The molecule has 0 aliphatic heterocycles. The molecule has 1 unspecified atom stereocenters. The molecule has 19 heavy (non-hydrogen) atoms. The molecule has 0 amide bonds. The van der Waals surface area contributed by atoms with Gasteiger partial charge in [0.25, 0.3) is 0 Å². The molecule has 2 aromatic rings. The van der Waals surface area contributed by atoms with E-state index < -0.39 is 0 Å². The van der Waals surface area contributed by atoms with Crippen molar-refractivity contribution in [3.05, 3.63) is 58.7 Å². The minimum absolute atomic E-state index is 0.529. The number of aryl methyl sites for hydroxylation is 2. The first-order valence-electron chi connectivity index (χ1n) is 7.07. The Morgan fingerprint density at radius 1 is 1.05 bits per heavy atom. The minimum Gasteiger partial charge on any atom is -0.313 e. The van der Waals surface area contributed by atoms with Gasteiger partial charge in [0.15, 0.2) is 0 Å². The maximum atomic E-state index is 3.42. The predicted octanol–water partition coefficient (Wildman–Crippen LogP) is 4.18. The van der Waals surface area contributed by atoms with Crippen molar-refractivity contribution in [2.75, 3.05) is 7.05 Å². The highest BCUT2D eigenvalue weighted by atomic mass is 14.9. The third kappa shape index (κ3) is 2.08. The van der Waals surface area contributed by atoms with Gasteiger partial charge in [0, 0.05) is 6.04 Å². The molecule has 0 saturated heterocycles. The lowest BCUT2D eigenvalue weighted by molar-refractivity contribution is 0.590. The highest BCUT2D eigenvalue weighted by Crippen LogP contribution is 2.37. The van der Waals surface area contributed by atoms with Crippen LogP contribution in [0, 0.1) is 13.8 Å². The SMILES string of the molecule is CNC1CCc2c(-c3ccc(C)c(C)c3)cccc21. The Kier molecular flexibility index (Phi) is 3.16. The van der Waals surface area contributed by atoms with Gasteiger partial charge < -0.3 is 5.32 Å². The van der Waals surface area contributed by atoms with Gasteiger partial charge in [-0.2, -0.15) is 0 Å². The second-order valence-corrected chi connectivity index (χ2v) is 5.55. The van der Waals surface area contributed by atoms with E-state index in [9.17, 15) is 0 Å². The molecule has 0 fully saturated rings. The molecule has 1 N–H and O–H groups in total. The molecule has 1 nitrogen and oxygen atoms in total. The van der Waals surface area contributed by atoms with Crippen LogP contribution in [0.2, 0.25) is 0 Å². The molecule has 1 atom stereocenters. The van der Waals surface area contributed by atoms with E-state index in [0.717, 1.165) is 0 Å². The molecule has 0 bridgehead atoms. The van der Waals surface area contributed by atoms with E-state index in [1.54, 1.807) is 0 Å². The van der Waals surface area contributed by atoms with Crippen molar-refractivity contribution in [1.82, 2.24) is 5.32 Å². The van der Waals surface area contributed by atoms with Gasteiger partial charge in [-0.25, -0.2) is 0 Å². The fourth-order valence-electron chi connectivity index (χ4n) is 3.13. The van der Waals surface area contributed by atoms with Crippen LogP contribution < -0.4 is 5.32 Å². The van der Waals surface area contributed by atoms with Crippen LogP contribution in [0.1, 0.15) is 34.7 Å². The number of fused-ring (bicyclic) bond motifs is 1. The van der Waals surface area contributed by atoms with Crippen molar-refractivity contribution in [3.8, 4) is 11.1 Å². The number of rotatable bonds is 2. The van der Waals surface area contributed by atoms with Crippen molar-refractivity contribution in [3.63, 3.8) is 0 Å². The molecule has 0 saturated carbocycles. The normalized spacial score (nSPS) is 17.5. The average molecular weight is 251 g/mol. The average Bonchev–Trinajstić information content (AvgIpc) is 2.85. The second kappa shape index (κ2) is 4.82. The summed E-state index contributed by atoms with van der Waals surface area (Å²) in [6.07, 6.45) is 2.40. The molecule has 2 aromatic carbocycles. The largest absolute Gasteiger partial charge is 0.313 e. The minimum atomic E-state index is 0.529. The van der Waals surface area contributed by atoms with Crippen LogP contribution in [0.4, 0.5) is 0 Å². The standard InChI is InChI=1S/C18H21N/c1-12-7-8-14(11-13(12)2)15-5-4-6-17-16(15)9-10-18(17)19-3/h4-8,11,18-19H,9-10H2,1-3H3. The summed E-state index contributed by atoms with van der Waals surface area (Å²) in [4.78, 5) is 0. The van der Waals surface area contributed by atoms with Crippen LogP contribution >= 0.6 is 0 Å². The number of nitrogens with one attached hydrogen (secondary N) is 1. The van der Waals surface area contributed by atoms with Crippen LogP contribution in [0.5, 0.6) is 0 Å². The first kappa shape index (κ1) is 12.4. The predicted molar refractivity (Wildman–Crippen MR) is 81.5 cm³/mol. The topological polar surface area (TPSA) is 12.0 Å². The molecule has 1 aliphatic carbocycles. The van der Waals surface area contributed by atoms with Gasteiger partial charge in [-0.15, -0.1) is 0 Å². The van der Waals surface area contributed by atoms with E-state index in [0.29, 0.717) is 6.04 Å². The summed E-state index contributed by atoms with van der Waals surface area (Å²) in [6.45, 7) is 4.37. The van der Waals surface area contributed by atoms with Gasteiger partial charge in [-0.3, -0.25) is 0 Å². The Balaban J connectivity index is 2.11. The molecule has 0 spiro atoms. The molecule has 0 radical (unpaired) electrons. The molecular formula is C18H21N. The van der Waals surface area contributed by atoms with E-state index in [-0.39, 0.29) is 0 Å². The van der Waals surface area contributed by atoms with Crippen molar-refractivity contribution in [2.24, 2.45) is 0 Å². The van der Waals surface area contributed by atoms with Crippen LogP contribution in [0.15, 0.2) is 36.4 Å². The molecule has 0 heterocycles. The first-order valence-corrected chi connectivity index (χ1v) is 7.07. The van der Waals surface area contributed by atoms with E-state index in [1.165, 1.54) is 46.2 Å². The van der Waals surface area contributed by atoms with E-state index in [2.05, 4.69) is 62.6 Å². The second-order valence-electron chi connectivity index (χ2n) is 5.55. The van der Waals surface area contributed by atoms with E-state index >= 15 is 0 Å². The van der Waals surface area contributed by atoms with Gasteiger partial charge in [0.2, 0.25) is 0 Å². The number of hydrogen-bond donors (Lipinski definition) is 1. The van der Waals surface area contributed by atoms with E-state index in [4.69, 9.17) is 0 Å². The Morgan fingerprint density at radius 2 is 1.89 bits per heavy atom. The maximum absolute atomic E-state index is 3.42. The monoisotopic (exact) mass is 251 g/mol. The van der Waals surface area contributed by atoms with Crippen molar-refractivity contribution in [2.45, 2.75) is 32.7 Å². The molecular weight excluding hydrogens is 230 g/mol. The van der Waals surface area contributed by atoms with Gasteiger partial charge in [-0.1, -0.05) is 36.4 Å². The van der Waals surface area contributed by atoms with E-state index in [1.807, 2.05) is 0 Å². The summed E-state index contributed by atoms with van der Waals surface area (Å²) in [5.41, 5.74) is 8.53. The summed E-state index contributed by atoms with van der Waals surface area (Å²) in [5.74, 6) is 0. The van der Waals surface area contributed by atoms with Gasteiger partial charge in [0.05, 0.1) is 0 Å². The fraction of sp³-hybridized carbons (Fsp3) is 0.333. The zero-order chi connectivity index (χ0) is 13.4. The zero-order valence-electron chi connectivity index (χ0n) is 12.0. The van der Waals surface area contributed by atoms with Crippen LogP contribution in [0.3, 0.4) is 0 Å². The molecule has 0 aromatic heterocycles. The molecule has 98 valence electrons. The van der Waals surface area contributed by atoms with Gasteiger partial charge in [0.1, 0.15) is 0 Å². The number of benzene rings is 2. The Hall–Kier alpha value is -1.60. The highest BCUT2D eigenvalue weighted by molar-refractivity contribution is 5.71. The summed E-state index contributed by atoms with van der Waals surface area (Å²) in [7, 11) is 2.06. The van der Waals surface area contributed by atoms with Crippen molar-refractivity contribution in [1.29, 1.82) is 0 Å². The van der Waals surface area contributed by atoms with Gasteiger partial charge >= 0.3 is 0 Å². The lowest BCUT2D eigenvalue weighted by atomic mass is 9.94. The maximum Gasteiger partial charge on any atom is 0.0323 e. The first-order chi connectivity index (χ1) is 9.20. The Labute approximate surface area is 115 Å². The van der Waals surface area contributed by atoms with Crippen LogP contribution in [-0.4, -0.2) is 7.05 Å². The van der Waals surface area contributed by atoms with Crippen LogP contribution in [0.25, 0.3) is 11.1 Å². The smallest absolute Gasteiger partial charge is 0.0323 e. The third-order valence-corrected chi connectivity index (χ3v) is 4.44. The molecule has 1 heteroatoms. The van der Waals surface area contributed by atoms with Gasteiger partial charge in [-0.05, 0) is 67.1 Å². The zero-order valence-corrected chi connectivity index (χ0v) is 12.0. The fourth-order valence-corrected chi connectivity index (χ4v) is 3.13. The quantitative estimate of drug-likeness (QED) is 0.844. The third-order valence-electron chi connectivity index (χ3n) is 4.44. The van der Waals surface area contributed by atoms with Crippen molar-refractivity contribution >= 4 is 0 Å². The summed E-state index contributed by atoms with van der Waals surface area (Å²) in [5, 5.41) is 3.42. The Bertz CT molecular complexity index is 613. The lowest BCUT2D eigenvalue weighted by Crippen LogP contribution is -2.12.